The molecule has 2 N–H and O–H groups in total. The molecule has 1 aliphatic carbocycles. The van der Waals surface area contributed by atoms with Crippen molar-refractivity contribution in [2.24, 2.45) is 11.7 Å². The quantitative estimate of drug-likeness (QED) is 0.792. The molecule has 1 saturated carbocycles. The maximum Gasteiger partial charge on any atom is 0.246 e. The molecule has 1 unspecified atom stereocenters. The fourth-order valence-electron chi connectivity index (χ4n) is 1.30. The summed E-state index contributed by atoms with van der Waals surface area (Å²) in [6.45, 7) is 3.94. The molecule has 0 spiro atoms. The predicted molar refractivity (Wildman–Crippen MR) is 52.6 cm³/mol. The van der Waals surface area contributed by atoms with Crippen molar-refractivity contribution >= 4 is 0 Å². The zero-order valence-corrected chi connectivity index (χ0v) is 8.79. The van der Waals surface area contributed by atoms with Gasteiger partial charge in [-0.05, 0) is 32.1 Å². The molecule has 0 radical (unpaired) electrons. The molecular formula is C10H17N3O. The molecule has 14 heavy (non-hydrogen) atoms. The normalized spacial score (nSPS) is 20.8. The number of aromatic nitrogens is 2. The molecule has 78 valence electrons. The van der Waals surface area contributed by atoms with E-state index in [4.69, 9.17) is 10.3 Å². The highest BCUT2D eigenvalue weighted by molar-refractivity contribution is 5.00. The Labute approximate surface area is 83.9 Å². The molecule has 1 heterocycles. The maximum atomic E-state index is 6.00. The van der Waals surface area contributed by atoms with Crippen LogP contribution in [-0.2, 0) is 12.0 Å². The first kappa shape index (κ1) is 9.65. The van der Waals surface area contributed by atoms with Crippen LogP contribution in [0, 0.1) is 5.92 Å². The maximum absolute atomic E-state index is 6.00. The molecule has 1 fully saturated rings. The number of hydrogen-bond donors (Lipinski definition) is 1. The van der Waals surface area contributed by atoms with Crippen molar-refractivity contribution in [3.63, 3.8) is 0 Å². The minimum atomic E-state index is -0.477. The van der Waals surface area contributed by atoms with Crippen LogP contribution in [0.1, 0.15) is 44.8 Å². The minimum Gasteiger partial charge on any atom is -0.337 e. The van der Waals surface area contributed by atoms with Crippen LogP contribution in [0.2, 0.25) is 0 Å². The summed E-state index contributed by atoms with van der Waals surface area (Å²) in [6.07, 6.45) is 4.36. The second kappa shape index (κ2) is 3.35. The Kier molecular flexibility index (Phi) is 2.31. The van der Waals surface area contributed by atoms with Gasteiger partial charge in [0.25, 0.3) is 0 Å². The van der Waals surface area contributed by atoms with Gasteiger partial charge in [-0.25, -0.2) is 0 Å². The van der Waals surface area contributed by atoms with Crippen molar-refractivity contribution in [2.45, 2.75) is 45.1 Å². The highest BCUT2D eigenvalue weighted by Crippen LogP contribution is 2.32. The highest BCUT2D eigenvalue weighted by atomic mass is 16.5. The lowest BCUT2D eigenvalue weighted by molar-refractivity contribution is 0.290. The molecule has 0 aromatic carbocycles. The molecule has 1 aromatic heterocycles. The van der Waals surface area contributed by atoms with Crippen molar-refractivity contribution in [3.8, 4) is 0 Å². The number of nitrogens with zero attached hydrogens (tertiary/aromatic N) is 2. The number of rotatable bonds is 4. The van der Waals surface area contributed by atoms with Crippen LogP contribution in [0.5, 0.6) is 0 Å². The molecule has 0 bridgehead atoms. The first-order chi connectivity index (χ1) is 6.62. The van der Waals surface area contributed by atoms with E-state index in [0.29, 0.717) is 5.89 Å². The molecule has 4 nitrogen and oxygen atoms in total. The van der Waals surface area contributed by atoms with Gasteiger partial charge in [0.15, 0.2) is 5.82 Å². The van der Waals surface area contributed by atoms with E-state index in [9.17, 15) is 0 Å². The third-order valence-corrected chi connectivity index (χ3v) is 2.86. The average molecular weight is 195 g/mol. The van der Waals surface area contributed by atoms with Crippen LogP contribution in [0.25, 0.3) is 0 Å². The third-order valence-electron chi connectivity index (χ3n) is 2.86. The second-order valence-corrected chi connectivity index (χ2v) is 4.43. The van der Waals surface area contributed by atoms with E-state index in [1.165, 1.54) is 12.8 Å². The van der Waals surface area contributed by atoms with Gasteiger partial charge in [0.2, 0.25) is 5.89 Å². The average Bonchev–Trinajstić information content (AvgIpc) is 2.81. The van der Waals surface area contributed by atoms with Crippen LogP contribution in [-0.4, -0.2) is 10.1 Å². The molecule has 1 aromatic rings. The molecule has 4 heteroatoms. The standard InChI is InChI=1S/C10H17N3O/c1-3-10(2,11)9-12-8(13-14-9)6-7-4-5-7/h7H,3-6,11H2,1-2H3. The van der Waals surface area contributed by atoms with Gasteiger partial charge >= 0.3 is 0 Å². The Balaban J connectivity index is 2.07. The number of hydrogen-bond acceptors (Lipinski definition) is 4. The zero-order chi connectivity index (χ0) is 10.2. The summed E-state index contributed by atoms with van der Waals surface area (Å²) >= 11 is 0. The van der Waals surface area contributed by atoms with Gasteiger partial charge in [-0.1, -0.05) is 12.1 Å². The van der Waals surface area contributed by atoms with E-state index in [-0.39, 0.29) is 0 Å². The largest absolute Gasteiger partial charge is 0.337 e. The lowest BCUT2D eigenvalue weighted by atomic mass is 10.0. The molecule has 1 aliphatic rings. The van der Waals surface area contributed by atoms with Crippen LogP contribution < -0.4 is 5.73 Å². The van der Waals surface area contributed by atoms with Crippen LogP contribution in [0.4, 0.5) is 0 Å². The highest BCUT2D eigenvalue weighted by Gasteiger charge is 2.28. The van der Waals surface area contributed by atoms with E-state index in [0.717, 1.165) is 24.6 Å². The summed E-state index contributed by atoms with van der Waals surface area (Å²) < 4.78 is 5.16. The first-order valence-corrected chi connectivity index (χ1v) is 5.24. The Hall–Kier alpha value is -0.900. The van der Waals surface area contributed by atoms with Crippen LogP contribution in [0.15, 0.2) is 4.52 Å². The van der Waals surface area contributed by atoms with Gasteiger partial charge < -0.3 is 10.3 Å². The molecule has 0 saturated heterocycles. The summed E-state index contributed by atoms with van der Waals surface area (Å²) in [4.78, 5) is 4.33. The van der Waals surface area contributed by atoms with Gasteiger partial charge in [0, 0.05) is 6.42 Å². The fourth-order valence-corrected chi connectivity index (χ4v) is 1.30. The van der Waals surface area contributed by atoms with Crippen molar-refractivity contribution in [3.05, 3.63) is 11.7 Å². The molecule has 0 amide bonds. The minimum absolute atomic E-state index is 0.477. The van der Waals surface area contributed by atoms with Crippen LogP contribution >= 0.6 is 0 Å². The van der Waals surface area contributed by atoms with Crippen molar-refractivity contribution < 1.29 is 4.52 Å². The lowest BCUT2D eigenvalue weighted by Gasteiger charge is -2.16. The van der Waals surface area contributed by atoms with Gasteiger partial charge in [-0.2, -0.15) is 4.98 Å². The Morgan fingerprint density at radius 2 is 2.29 bits per heavy atom. The van der Waals surface area contributed by atoms with E-state index in [1.54, 1.807) is 0 Å². The van der Waals surface area contributed by atoms with E-state index in [2.05, 4.69) is 10.1 Å². The summed E-state index contributed by atoms with van der Waals surface area (Å²) in [6, 6.07) is 0. The van der Waals surface area contributed by atoms with E-state index >= 15 is 0 Å². The Morgan fingerprint density at radius 1 is 1.57 bits per heavy atom. The smallest absolute Gasteiger partial charge is 0.246 e. The predicted octanol–water partition coefficient (Wildman–Crippen LogP) is 1.61. The third kappa shape index (κ3) is 1.95. The SMILES string of the molecule is CCC(C)(N)c1nc(CC2CC2)no1. The Bertz CT molecular complexity index is 315. The molecule has 2 rings (SSSR count). The first-order valence-electron chi connectivity index (χ1n) is 5.24. The van der Waals surface area contributed by atoms with Gasteiger partial charge in [0.1, 0.15) is 0 Å². The summed E-state index contributed by atoms with van der Waals surface area (Å²) in [5.74, 6) is 2.16. The summed E-state index contributed by atoms with van der Waals surface area (Å²) in [5, 5.41) is 3.94. The molecule has 0 aliphatic heterocycles. The fraction of sp³-hybridized carbons (Fsp3) is 0.800. The van der Waals surface area contributed by atoms with Gasteiger partial charge in [-0.3, -0.25) is 0 Å². The second-order valence-electron chi connectivity index (χ2n) is 4.43. The summed E-state index contributed by atoms with van der Waals surface area (Å²) in [5.41, 5.74) is 5.52. The molecule has 1 atom stereocenters. The van der Waals surface area contributed by atoms with Crippen LogP contribution in [0.3, 0.4) is 0 Å². The van der Waals surface area contributed by atoms with E-state index < -0.39 is 5.54 Å². The van der Waals surface area contributed by atoms with E-state index in [1.807, 2.05) is 13.8 Å². The lowest BCUT2D eigenvalue weighted by Crippen LogP contribution is -2.32. The van der Waals surface area contributed by atoms with Gasteiger partial charge in [0.05, 0.1) is 5.54 Å². The monoisotopic (exact) mass is 195 g/mol. The Morgan fingerprint density at radius 3 is 2.86 bits per heavy atom. The zero-order valence-electron chi connectivity index (χ0n) is 8.79. The number of nitrogens with two attached hydrogens (primary N) is 1. The van der Waals surface area contributed by atoms with Gasteiger partial charge in [-0.15, -0.1) is 0 Å². The van der Waals surface area contributed by atoms with Crippen molar-refractivity contribution in [1.29, 1.82) is 0 Å². The molecular weight excluding hydrogens is 178 g/mol. The van der Waals surface area contributed by atoms with Crippen molar-refractivity contribution in [2.75, 3.05) is 0 Å². The topological polar surface area (TPSA) is 64.9 Å². The summed E-state index contributed by atoms with van der Waals surface area (Å²) in [7, 11) is 0. The van der Waals surface area contributed by atoms with Crippen molar-refractivity contribution in [1.82, 2.24) is 10.1 Å².